The summed E-state index contributed by atoms with van der Waals surface area (Å²) in [6, 6.07) is 9.20. The van der Waals surface area contributed by atoms with Gasteiger partial charge in [-0.15, -0.1) is 0 Å². The van der Waals surface area contributed by atoms with Crippen LogP contribution in [0.5, 0.6) is 0 Å². The van der Waals surface area contributed by atoms with E-state index in [-0.39, 0.29) is 12.2 Å². The van der Waals surface area contributed by atoms with Gasteiger partial charge in [0.1, 0.15) is 5.58 Å². The van der Waals surface area contributed by atoms with Crippen LogP contribution in [0.2, 0.25) is 0 Å². The van der Waals surface area contributed by atoms with Gasteiger partial charge in [0.15, 0.2) is 0 Å². The maximum atomic E-state index is 11.7. The summed E-state index contributed by atoms with van der Waals surface area (Å²) in [6.07, 6.45) is 0. The molecule has 1 aromatic heterocycles. The Bertz CT molecular complexity index is 645. The number of para-hydroxylation sites is 1. The molecule has 5 nitrogen and oxygen atoms in total. The number of fused-ring (bicyclic) bond motifs is 1. The van der Waals surface area contributed by atoms with Crippen LogP contribution in [-0.2, 0) is 0 Å². The molecule has 0 spiro atoms. The normalized spacial score (nSPS) is 16.8. The summed E-state index contributed by atoms with van der Waals surface area (Å²) in [7, 11) is 0. The Balaban J connectivity index is 1.89. The minimum atomic E-state index is -0.309. The van der Waals surface area contributed by atoms with Gasteiger partial charge in [-0.05, 0) is 12.1 Å². The van der Waals surface area contributed by atoms with E-state index in [2.05, 4.69) is 9.80 Å². The molecule has 2 heterocycles. The predicted octanol–water partition coefficient (Wildman–Crippen LogP) is 0.907. The van der Waals surface area contributed by atoms with E-state index >= 15 is 0 Å². The highest BCUT2D eigenvalue weighted by Crippen LogP contribution is 2.25. The van der Waals surface area contributed by atoms with Crippen LogP contribution in [0.4, 0.5) is 5.69 Å². The van der Waals surface area contributed by atoms with E-state index in [9.17, 15) is 4.79 Å². The molecule has 1 aliphatic rings. The Morgan fingerprint density at radius 3 is 2.65 bits per heavy atom. The van der Waals surface area contributed by atoms with Crippen LogP contribution in [0.3, 0.4) is 0 Å². The van der Waals surface area contributed by atoms with Gasteiger partial charge in [0, 0.05) is 44.2 Å². The van der Waals surface area contributed by atoms with Gasteiger partial charge in [-0.2, -0.15) is 0 Å². The largest absolute Gasteiger partial charge is 0.423 e. The number of rotatable bonds is 3. The van der Waals surface area contributed by atoms with Crippen molar-refractivity contribution in [1.29, 1.82) is 0 Å². The van der Waals surface area contributed by atoms with Crippen LogP contribution in [0, 0.1) is 0 Å². The van der Waals surface area contributed by atoms with Gasteiger partial charge in [-0.3, -0.25) is 4.90 Å². The summed E-state index contributed by atoms with van der Waals surface area (Å²) in [5, 5.41) is 9.94. The molecule has 2 aromatic rings. The van der Waals surface area contributed by atoms with E-state index in [1.807, 2.05) is 24.3 Å². The van der Waals surface area contributed by atoms with Crippen molar-refractivity contribution in [2.75, 3.05) is 44.2 Å². The molecule has 0 saturated carbocycles. The lowest BCUT2D eigenvalue weighted by Crippen LogP contribution is -2.47. The third-order valence-electron chi connectivity index (χ3n) is 3.76. The van der Waals surface area contributed by atoms with E-state index in [4.69, 9.17) is 9.52 Å². The van der Waals surface area contributed by atoms with Crippen LogP contribution < -0.4 is 10.5 Å². The van der Waals surface area contributed by atoms with Gasteiger partial charge in [0.2, 0.25) is 0 Å². The number of hydrogen-bond acceptors (Lipinski definition) is 5. The van der Waals surface area contributed by atoms with Gasteiger partial charge >= 0.3 is 5.63 Å². The number of piperazine rings is 1. The van der Waals surface area contributed by atoms with Gasteiger partial charge in [-0.25, -0.2) is 4.79 Å². The first-order valence-electron chi connectivity index (χ1n) is 6.89. The maximum Gasteiger partial charge on any atom is 0.338 e. The molecule has 1 saturated heterocycles. The number of hydrogen-bond donors (Lipinski definition) is 1. The SMILES string of the molecule is O=c1cc(N2CCN(CCO)CC2)c2ccccc2o1. The summed E-state index contributed by atoms with van der Waals surface area (Å²) < 4.78 is 5.23. The zero-order valence-corrected chi connectivity index (χ0v) is 11.3. The van der Waals surface area contributed by atoms with Crippen molar-refractivity contribution < 1.29 is 9.52 Å². The number of aliphatic hydroxyl groups excluding tert-OH is 1. The topological polar surface area (TPSA) is 56.9 Å². The van der Waals surface area contributed by atoms with Crippen molar-refractivity contribution in [3.8, 4) is 0 Å². The van der Waals surface area contributed by atoms with Gasteiger partial charge in [-0.1, -0.05) is 12.1 Å². The third kappa shape index (κ3) is 2.55. The fraction of sp³-hybridized carbons (Fsp3) is 0.400. The van der Waals surface area contributed by atoms with Crippen LogP contribution in [0.25, 0.3) is 11.0 Å². The Morgan fingerprint density at radius 1 is 1.15 bits per heavy atom. The summed E-state index contributed by atoms with van der Waals surface area (Å²) in [5.41, 5.74) is 1.27. The Labute approximate surface area is 117 Å². The van der Waals surface area contributed by atoms with E-state index in [0.717, 1.165) is 37.3 Å². The van der Waals surface area contributed by atoms with Crippen molar-refractivity contribution in [1.82, 2.24) is 4.90 Å². The van der Waals surface area contributed by atoms with Crippen LogP contribution in [0.1, 0.15) is 0 Å². The molecule has 0 bridgehead atoms. The monoisotopic (exact) mass is 274 g/mol. The fourth-order valence-electron chi connectivity index (χ4n) is 2.71. The second-order valence-electron chi connectivity index (χ2n) is 5.00. The van der Waals surface area contributed by atoms with Crippen molar-refractivity contribution >= 4 is 16.7 Å². The molecule has 0 aliphatic carbocycles. The first-order valence-corrected chi connectivity index (χ1v) is 6.89. The summed E-state index contributed by atoms with van der Waals surface area (Å²) in [5.74, 6) is 0. The zero-order chi connectivity index (χ0) is 13.9. The standard InChI is InChI=1S/C15H18N2O3/c18-10-9-16-5-7-17(8-6-16)13-11-15(19)20-14-4-2-1-3-12(13)14/h1-4,11,18H,5-10H2. The lowest BCUT2D eigenvalue weighted by Gasteiger charge is -2.36. The average Bonchev–Trinajstić information content (AvgIpc) is 2.47. The number of benzene rings is 1. The quantitative estimate of drug-likeness (QED) is 0.843. The summed E-state index contributed by atoms with van der Waals surface area (Å²) >= 11 is 0. The molecule has 5 heteroatoms. The second-order valence-corrected chi connectivity index (χ2v) is 5.00. The van der Waals surface area contributed by atoms with Crippen molar-refractivity contribution in [3.63, 3.8) is 0 Å². The first kappa shape index (κ1) is 13.1. The Hall–Kier alpha value is -1.85. The predicted molar refractivity (Wildman–Crippen MR) is 78.2 cm³/mol. The molecular weight excluding hydrogens is 256 g/mol. The van der Waals surface area contributed by atoms with Crippen LogP contribution >= 0.6 is 0 Å². The van der Waals surface area contributed by atoms with Crippen LogP contribution in [-0.4, -0.2) is 49.3 Å². The first-order chi connectivity index (χ1) is 9.78. The third-order valence-corrected chi connectivity index (χ3v) is 3.76. The smallest absolute Gasteiger partial charge is 0.338 e. The number of aliphatic hydroxyl groups is 1. The van der Waals surface area contributed by atoms with Crippen LogP contribution in [0.15, 0.2) is 39.5 Å². The molecule has 20 heavy (non-hydrogen) atoms. The lowest BCUT2D eigenvalue weighted by atomic mass is 10.1. The molecule has 0 amide bonds. The van der Waals surface area contributed by atoms with Crippen molar-refractivity contribution in [3.05, 3.63) is 40.8 Å². The number of nitrogens with zero attached hydrogens (tertiary/aromatic N) is 2. The average molecular weight is 274 g/mol. The summed E-state index contributed by atoms with van der Waals surface area (Å²) in [4.78, 5) is 16.1. The van der Waals surface area contributed by atoms with Crippen molar-refractivity contribution in [2.45, 2.75) is 0 Å². The molecule has 1 aliphatic heterocycles. The maximum absolute atomic E-state index is 11.7. The molecule has 3 rings (SSSR count). The highest BCUT2D eigenvalue weighted by molar-refractivity contribution is 5.90. The molecule has 0 atom stereocenters. The van der Waals surface area contributed by atoms with Crippen molar-refractivity contribution in [2.24, 2.45) is 0 Å². The van der Waals surface area contributed by atoms with E-state index < -0.39 is 0 Å². The van der Waals surface area contributed by atoms with Gasteiger partial charge in [0.25, 0.3) is 0 Å². The number of β-amino-alcohol motifs (C(OH)–C–C–N with tert-alkyl or cyclic N) is 1. The Morgan fingerprint density at radius 2 is 1.90 bits per heavy atom. The second kappa shape index (κ2) is 5.64. The highest BCUT2D eigenvalue weighted by atomic mass is 16.4. The minimum Gasteiger partial charge on any atom is -0.423 e. The van der Waals surface area contributed by atoms with Gasteiger partial charge in [0.05, 0.1) is 12.3 Å². The molecular formula is C15H18N2O3. The van der Waals surface area contributed by atoms with Gasteiger partial charge < -0.3 is 14.4 Å². The Kier molecular flexibility index (Phi) is 3.71. The van der Waals surface area contributed by atoms with E-state index in [1.165, 1.54) is 0 Å². The van der Waals surface area contributed by atoms with E-state index in [0.29, 0.717) is 12.1 Å². The minimum absolute atomic E-state index is 0.192. The number of anilines is 1. The lowest BCUT2D eigenvalue weighted by molar-refractivity contribution is 0.189. The molecule has 106 valence electrons. The molecule has 0 unspecified atom stereocenters. The molecule has 1 N–H and O–H groups in total. The molecule has 1 fully saturated rings. The zero-order valence-electron chi connectivity index (χ0n) is 11.3. The fourth-order valence-corrected chi connectivity index (χ4v) is 2.71. The highest BCUT2D eigenvalue weighted by Gasteiger charge is 2.19. The molecule has 0 radical (unpaired) electrons. The molecule has 1 aromatic carbocycles. The summed E-state index contributed by atoms with van der Waals surface area (Å²) in [6.45, 7) is 4.41. The van der Waals surface area contributed by atoms with E-state index in [1.54, 1.807) is 6.07 Å².